The fourth-order valence-corrected chi connectivity index (χ4v) is 3.96. The van der Waals surface area contributed by atoms with E-state index in [9.17, 15) is 18.0 Å². The minimum Gasteiger partial charge on any atom is -0.366 e. The molecule has 0 fully saturated rings. The quantitative estimate of drug-likeness (QED) is 0.390. The van der Waals surface area contributed by atoms with Gasteiger partial charge in [0.05, 0.1) is 17.8 Å². The molecule has 12 heteroatoms. The Hall–Kier alpha value is -3.96. The molecule has 0 saturated heterocycles. The summed E-state index contributed by atoms with van der Waals surface area (Å²) < 4.78 is 42.0. The number of pyridine rings is 2. The molecule has 4 aromatic rings. The van der Waals surface area contributed by atoms with E-state index in [1.807, 2.05) is 27.7 Å². The number of hydrogen-bond acceptors (Lipinski definition) is 6. The highest BCUT2D eigenvalue weighted by atomic mass is 19.4. The summed E-state index contributed by atoms with van der Waals surface area (Å²) in [5, 5.41) is 11.6. The summed E-state index contributed by atoms with van der Waals surface area (Å²) in [7, 11) is 0. The van der Waals surface area contributed by atoms with E-state index in [-0.39, 0.29) is 29.9 Å². The zero-order valence-electron chi connectivity index (χ0n) is 20.3. The number of nitrogens with one attached hydrogen (secondary N) is 1. The van der Waals surface area contributed by atoms with Gasteiger partial charge in [0, 0.05) is 35.8 Å². The molecule has 0 bridgehead atoms. The number of alkyl halides is 3. The van der Waals surface area contributed by atoms with Crippen LogP contribution in [0.2, 0.25) is 0 Å². The van der Waals surface area contributed by atoms with Crippen LogP contribution < -0.4 is 11.1 Å². The van der Waals surface area contributed by atoms with Gasteiger partial charge in [-0.15, -0.1) is 5.10 Å². The zero-order valence-corrected chi connectivity index (χ0v) is 20.3. The second-order valence-electron chi connectivity index (χ2n) is 9.04. The van der Waals surface area contributed by atoms with Gasteiger partial charge in [0.2, 0.25) is 5.95 Å². The van der Waals surface area contributed by atoms with Gasteiger partial charge in [-0.2, -0.15) is 23.3 Å². The van der Waals surface area contributed by atoms with Crippen molar-refractivity contribution in [2.24, 2.45) is 5.92 Å². The number of amides is 1. The number of carbonyl (C=O) groups excluding carboxylic acids is 1. The number of hydrogen-bond donors (Lipinski definition) is 2. The molecule has 1 amide bonds. The Labute approximate surface area is 205 Å². The number of fused-ring (bicyclic) bond motifs is 1. The van der Waals surface area contributed by atoms with Crippen molar-refractivity contribution in [3.8, 4) is 11.1 Å². The lowest BCUT2D eigenvalue weighted by molar-refractivity contribution is -0.141. The molecule has 2 unspecified atom stereocenters. The van der Waals surface area contributed by atoms with Crippen molar-refractivity contribution >= 4 is 17.5 Å². The van der Waals surface area contributed by atoms with E-state index in [4.69, 9.17) is 5.73 Å². The maximum absolute atomic E-state index is 13.0. The van der Waals surface area contributed by atoms with E-state index in [2.05, 4.69) is 25.5 Å². The highest BCUT2D eigenvalue weighted by Gasteiger charge is 2.32. The third-order valence-corrected chi connectivity index (χ3v) is 5.95. The first-order chi connectivity index (χ1) is 17.0. The van der Waals surface area contributed by atoms with Gasteiger partial charge >= 0.3 is 6.18 Å². The van der Waals surface area contributed by atoms with Crippen molar-refractivity contribution in [3.05, 3.63) is 59.8 Å². The van der Waals surface area contributed by atoms with Crippen LogP contribution in [0.1, 0.15) is 61.8 Å². The van der Waals surface area contributed by atoms with Gasteiger partial charge in [0.25, 0.3) is 5.91 Å². The van der Waals surface area contributed by atoms with Crippen LogP contribution in [0.15, 0.2) is 43.0 Å². The first kappa shape index (κ1) is 25.1. The maximum Gasteiger partial charge on any atom is 0.433 e. The molecule has 0 aromatic carbocycles. The molecule has 9 nitrogen and oxygen atoms in total. The van der Waals surface area contributed by atoms with Gasteiger partial charge in [-0.05, 0) is 37.0 Å². The number of aromatic nitrogens is 6. The summed E-state index contributed by atoms with van der Waals surface area (Å²) in [6, 6.07) is 3.71. The molecule has 0 radical (unpaired) electrons. The Bertz CT molecular complexity index is 1370. The number of nitrogens with zero attached hydrogens (tertiary/aromatic N) is 6. The molecule has 0 aliphatic rings. The second kappa shape index (κ2) is 9.59. The molecule has 3 N–H and O–H groups in total. The van der Waals surface area contributed by atoms with E-state index in [1.54, 1.807) is 29.3 Å². The van der Waals surface area contributed by atoms with Gasteiger partial charge in [-0.25, -0.2) is 4.52 Å². The smallest absolute Gasteiger partial charge is 0.366 e. The second-order valence-corrected chi connectivity index (χ2v) is 9.04. The number of carbonyl (C=O) groups is 1. The van der Waals surface area contributed by atoms with Crippen LogP contribution in [0.4, 0.5) is 19.1 Å². The van der Waals surface area contributed by atoms with Crippen LogP contribution in [0.25, 0.3) is 16.8 Å². The summed E-state index contributed by atoms with van der Waals surface area (Å²) in [6.07, 6.45) is 2.59. The topological polar surface area (TPSA) is 116 Å². The predicted octanol–water partition coefficient (Wildman–Crippen LogP) is 4.36. The lowest BCUT2D eigenvalue weighted by atomic mass is 9.97. The van der Waals surface area contributed by atoms with Crippen molar-refractivity contribution in [1.82, 2.24) is 34.7 Å². The summed E-state index contributed by atoms with van der Waals surface area (Å²) in [5.41, 5.74) is 7.43. The third kappa shape index (κ3) is 5.02. The monoisotopic (exact) mass is 500 g/mol. The Morgan fingerprint density at radius 1 is 1.14 bits per heavy atom. The fraction of sp³-hybridized carbons (Fsp3) is 0.375. The van der Waals surface area contributed by atoms with E-state index in [0.717, 1.165) is 12.5 Å². The Morgan fingerprint density at radius 2 is 1.89 bits per heavy atom. The van der Waals surface area contributed by atoms with Crippen LogP contribution >= 0.6 is 0 Å². The molecule has 2 atom stereocenters. The van der Waals surface area contributed by atoms with Crippen LogP contribution in [0, 0.1) is 5.92 Å². The molecule has 190 valence electrons. The van der Waals surface area contributed by atoms with Gasteiger partial charge < -0.3 is 11.1 Å². The lowest BCUT2D eigenvalue weighted by Gasteiger charge is -2.22. The maximum atomic E-state index is 13.0. The standard InChI is InChI=1S/C24H27F3N8O/c1-5-14(4)31-22(36)18-8-16(11-35-21(18)32-23(28)33-35)17-10-30-34(12-17)20(13(2)3)15-6-7-19(29-9-15)24(25,26)27/h6-14,20H,5H2,1-4H3,(H2,28,33)(H,31,36). The van der Waals surface area contributed by atoms with Gasteiger partial charge in [0.1, 0.15) is 5.69 Å². The van der Waals surface area contributed by atoms with Crippen LogP contribution in [0.5, 0.6) is 0 Å². The van der Waals surface area contributed by atoms with E-state index >= 15 is 0 Å². The average molecular weight is 501 g/mol. The normalized spacial score (nSPS) is 13.8. The molecule has 36 heavy (non-hydrogen) atoms. The average Bonchev–Trinajstić information content (AvgIpc) is 3.44. The Morgan fingerprint density at radius 3 is 2.50 bits per heavy atom. The summed E-state index contributed by atoms with van der Waals surface area (Å²) >= 11 is 0. The molecule has 4 aromatic heterocycles. The predicted molar refractivity (Wildman–Crippen MR) is 128 cm³/mol. The summed E-state index contributed by atoms with van der Waals surface area (Å²) in [6.45, 7) is 7.78. The van der Waals surface area contributed by atoms with Crippen molar-refractivity contribution in [1.29, 1.82) is 0 Å². The molecular weight excluding hydrogens is 473 g/mol. The molecule has 0 saturated carbocycles. The van der Waals surface area contributed by atoms with Crippen molar-refractivity contribution in [2.45, 2.75) is 52.4 Å². The molecule has 0 aliphatic carbocycles. The zero-order chi connectivity index (χ0) is 26.2. The van der Waals surface area contributed by atoms with E-state index in [1.165, 1.54) is 16.8 Å². The Balaban J connectivity index is 1.72. The molecule has 4 heterocycles. The molecule has 0 aliphatic heterocycles. The first-order valence-corrected chi connectivity index (χ1v) is 11.5. The number of halogens is 3. The van der Waals surface area contributed by atoms with Crippen LogP contribution in [0.3, 0.4) is 0 Å². The summed E-state index contributed by atoms with van der Waals surface area (Å²) in [4.78, 5) is 20.8. The molecule has 4 rings (SSSR count). The van der Waals surface area contributed by atoms with E-state index < -0.39 is 11.9 Å². The highest BCUT2D eigenvalue weighted by molar-refractivity contribution is 6.01. The fourth-order valence-electron chi connectivity index (χ4n) is 3.96. The minimum atomic E-state index is -4.51. The molecule has 0 spiro atoms. The Kier molecular flexibility index (Phi) is 6.70. The number of anilines is 1. The van der Waals surface area contributed by atoms with Crippen molar-refractivity contribution in [2.75, 3.05) is 5.73 Å². The van der Waals surface area contributed by atoms with Crippen LogP contribution in [-0.2, 0) is 6.18 Å². The van der Waals surface area contributed by atoms with Crippen molar-refractivity contribution in [3.63, 3.8) is 0 Å². The lowest BCUT2D eigenvalue weighted by Crippen LogP contribution is -2.32. The van der Waals surface area contributed by atoms with Gasteiger partial charge in [0.15, 0.2) is 5.65 Å². The number of rotatable bonds is 7. The minimum absolute atomic E-state index is 0.00532. The number of nitrogen functional groups attached to an aromatic ring is 1. The third-order valence-electron chi connectivity index (χ3n) is 5.95. The molecular formula is C24H27F3N8O. The van der Waals surface area contributed by atoms with Crippen LogP contribution in [-0.4, -0.2) is 41.3 Å². The van der Waals surface area contributed by atoms with Crippen molar-refractivity contribution < 1.29 is 18.0 Å². The number of nitrogens with two attached hydrogens (primary N) is 1. The van der Waals surface area contributed by atoms with Gasteiger partial charge in [-0.3, -0.25) is 14.5 Å². The SMILES string of the molecule is CCC(C)NC(=O)c1cc(-c2cnn(C(c3ccc(C(F)(F)F)nc3)C(C)C)c2)cn2nc(N)nc12. The largest absolute Gasteiger partial charge is 0.433 e. The first-order valence-electron chi connectivity index (χ1n) is 11.5. The highest BCUT2D eigenvalue weighted by Crippen LogP contribution is 2.32. The van der Waals surface area contributed by atoms with Gasteiger partial charge in [-0.1, -0.05) is 26.8 Å². The van der Waals surface area contributed by atoms with E-state index in [0.29, 0.717) is 27.9 Å². The summed E-state index contributed by atoms with van der Waals surface area (Å²) in [5.74, 6) is -0.257.